The van der Waals surface area contributed by atoms with E-state index in [1.54, 1.807) is 18.6 Å². The van der Waals surface area contributed by atoms with E-state index in [1.165, 1.54) is 5.56 Å². The van der Waals surface area contributed by atoms with Gasteiger partial charge in [0.2, 0.25) is 0 Å². The number of ether oxygens (including phenoxy) is 1. The Bertz CT molecular complexity index is 784. The van der Waals surface area contributed by atoms with Crippen molar-refractivity contribution in [3.63, 3.8) is 0 Å². The van der Waals surface area contributed by atoms with E-state index in [9.17, 15) is 0 Å². The van der Waals surface area contributed by atoms with Crippen LogP contribution < -0.4 is 5.73 Å². The van der Waals surface area contributed by atoms with Gasteiger partial charge in [0.25, 0.3) is 0 Å². The van der Waals surface area contributed by atoms with Gasteiger partial charge in [-0.2, -0.15) is 0 Å². The van der Waals surface area contributed by atoms with Crippen molar-refractivity contribution in [2.75, 3.05) is 6.61 Å². The summed E-state index contributed by atoms with van der Waals surface area (Å²) in [5.41, 5.74) is 10.2. The fourth-order valence-electron chi connectivity index (χ4n) is 3.06. The highest BCUT2D eigenvalue weighted by molar-refractivity contribution is 5.88. The highest BCUT2D eigenvalue weighted by Crippen LogP contribution is 2.33. The summed E-state index contributed by atoms with van der Waals surface area (Å²) >= 11 is 0. The number of nitrogens with two attached hydrogens (primary N) is 1. The van der Waals surface area contributed by atoms with E-state index in [2.05, 4.69) is 39.2 Å². The summed E-state index contributed by atoms with van der Waals surface area (Å²) in [6, 6.07) is 8.59. The molecule has 3 N–H and O–H groups in total. The van der Waals surface area contributed by atoms with Crippen molar-refractivity contribution < 1.29 is 4.74 Å². The first-order valence-electron chi connectivity index (χ1n) is 7.56. The maximum Gasteiger partial charge on any atom is 0.105 e. The minimum atomic E-state index is 0.0563. The van der Waals surface area contributed by atoms with E-state index in [4.69, 9.17) is 10.5 Å². The molecule has 5 nitrogen and oxygen atoms in total. The van der Waals surface area contributed by atoms with E-state index in [1.807, 2.05) is 0 Å². The summed E-state index contributed by atoms with van der Waals surface area (Å²) in [6.07, 6.45) is 6.98. The van der Waals surface area contributed by atoms with Crippen LogP contribution in [0, 0.1) is 0 Å². The molecule has 0 aliphatic carbocycles. The van der Waals surface area contributed by atoms with Gasteiger partial charge in [-0.25, -0.2) is 0 Å². The van der Waals surface area contributed by atoms with Crippen LogP contribution in [0.4, 0.5) is 0 Å². The third-order valence-electron chi connectivity index (χ3n) is 4.20. The summed E-state index contributed by atoms with van der Waals surface area (Å²) in [5.74, 6) is 0. The second kappa shape index (κ2) is 5.51. The molecule has 1 aromatic carbocycles. The molecule has 0 spiro atoms. The van der Waals surface area contributed by atoms with E-state index < -0.39 is 0 Å². The van der Waals surface area contributed by atoms with Gasteiger partial charge in [-0.3, -0.25) is 9.97 Å². The molecule has 2 unspecified atom stereocenters. The number of nitrogens with one attached hydrogen (secondary N) is 1. The van der Waals surface area contributed by atoms with Crippen molar-refractivity contribution in [3.05, 3.63) is 48.4 Å². The molecule has 1 saturated heterocycles. The van der Waals surface area contributed by atoms with Crippen LogP contribution in [0.1, 0.15) is 24.5 Å². The Hall–Kier alpha value is -2.24. The van der Waals surface area contributed by atoms with Gasteiger partial charge in [0.05, 0.1) is 23.5 Å². The topological polar surface area (TPSA) is 76.8 Å². The summed E-state index contributed by atoms with van der Waals surface area (Å²) in [7, 11) is 0. The number of benzene rings is 1. The molecule has 4 rings (SSSR count). The van der Waals surface area contributed by atoms with Crippen molar-refractivity contribution in [1.82, 2.24) is 15.0 Å². The van der Waals surface area contributed by atoms with Gasteiger partial charge in [0.15, 0.2) is 0 Å². The lowest BCUT2D eigenvalue weighted by atomic mass is 9.97. The molecule has 0 bridgehead atoms. The zero-order chi connectivity index (χ0) is 14.9. The second-order valence-corrected chi connectivity index (χ2v) is 5.73. The number of aromatic amines is 1. The molecular weight excluding hydrogens is 276 g/mol. The molecule has 3 heterocycles. The molecule has 1 aliphatic heterocycles. The van der Waals surface area contributed by atoms with E-state index in [-0.39, 0.29) is 12.1 Å². The van der Waals surface area contributed by atoms with Gasteiger partial charge in [0, 0.05) is 36.0 Å². The predicted octanol–water partition coefficient (Wildman–Crippen LogP) is 2.80. The smallest absolute Gasteiger partial charge is 0.105 e. The number of para-hydroxylation sites is 1. The van der Waals surface area contributed by atoms with E-state index in [0.29, 0.717) is 0 Å². The van der Waals surface area contributed by atoms with Crippen molar-refractivity contribution in [3.8, 4) is 11.4 Å². The van der Waals surface area contributed by atoms with Crippen LogP contribution in [0.15, 0.2) is 42.9 Å². The average molecular weight is 294 g/mol. The van der Waals surface area contributed by atoms with Gasteiger partial charge >= 0.3 is 0 Å². The largest absolute Gasteiger partial charge is 0.373 e. The van der Waals surface area contributed by atoms with Crippen molar-refractivity contribution in [2.24, 2.45) is 5.73 Å². The van der Waals surface area contributed by atoms with Gasteiger partial charge < -0.3 is 15.5 Å². The standard InChI is InChI=1S/C17H18N4O/c18-12-4-7-22-16(9-12)13-3-1-2-11-8-14(21-17(11)13)15-10-19-5-6-20-15/h1-3,5-6,8,10,12,16,21H,4,7,9,18H2. The molecule has 0 radical (unpaired) electrons. The molecule has 0 saturated carbocycles. The normalized spacial score (nSPS) is 22.0. The maximum atomic E-state index is 6.09. The second-order valence-electron chi connectivity index (χ2n) is 5.73. The van der Waals surface area contributed by atoms with Gasteiger partial charge in [0.1, 0.15) is 5.69 Å². The molecule has 2 atom stereocenters. The minimum Gasteiger partial charge on any atom is -0.373 e. The Morgan fingerprint density at radius 3 is 3.05 bits per heavy atom. The fraction of sp³-hybridized carbons (Fsp3) is 0.294. The molecule has 2 aromatic heterocycles. The number of rotatable bonds is 2. The SMILES string of the molecule is NC1CCOC(c2cccc3cc(-c4cnccn4)[nH]c23)C1. The third kappa shape index (κ3) is 2.38. The van der Waals surface area contributed by atoms with Crippen LogP contribution in [0.3, 0.4) is 0 Å². The molecule has 0 amide bonds. The minimum absolute atomic E-state index is 0.0563. The van der Waals surface area contributed by atoms with Crippen LogP contribution >= 0.6 is 0 Å². The Morgan fingerprint density at radius 2 is 2.23 bits per heavy atom. The van der Waals surface area contributed by atoms with Gasteiger partial charge in [-0.15, -0.1) is 0 Å². The lowest BCUT2D eigenvalue weighted by Crippen LogP contribution is -2.30. The highest BCUT2D eigenvalue weighted by atomic mass is 16.5. The van der Waals surface area contributed by atoms with Gasteiger partial charge in [-0.05, 0) is 18.9 Å². The lowest BCUT2D eigenvalue weighted by Gasteiger charge is -2.27. The zero-order valence-electron chi connectivity index (χ0n) is 12.2. The maximum absolute atomic E-state index is 6.09. The molecule has 112 valence electrons. The van der Waals surface area contributed by atoms with Crippen molar-refractivity contribution in [1.29, 1.82) is 0 Å². The highest BCUT2D eigenvalue weighted by Gasteiger charge is 2.23. The Kier molecular flexibility index (Phi) is 3.36. The first kappa shape index (κ1) is 13.4. The van der Waals surface area contributed by atoms with Crippen LogP contribution in [0.2, 0.25) is 0 Å². The Balaban J connectivity index is 1.78. The number of hydrogen-bond donors (Lipinski definition) is 2. The Morgan fingerprint density at radius 1 is 1.27 bits per heavy atom. The van der Waals surface area contributed by atoms with E-state index in [0.717, 1.165) is 41.7 Å². The van der Waals surface area contributed by atoms with Crippen molar-refractivity contribution in [2.45, 2.75) is 25.0 Å². The number of nitrogens with zero attached hydrogens (tertiary/aromatic N) is 2. The van der Waals surface area contributed by atoms with Crippen LogP contribution in [-0.4, -0.2) is 27.6 Å². The van der Waals surface area contributed by atoms with Crippen molar-refractivity contribution >= 4 is 10.9 Å². The molecular formula is C17H18N4O. The number of hydrogen-bond acceptors (Lipinski definition) is 4. The summed E-state index contributed by atoms with van der Waals surface area (Å²) in [4.78, 5) is 12.0. The average Bonchev–Trinajstić information content (AvgIpc) is 3.00. The monoisotopic (exact) mass is 294 g/mol. The number of aromatic nitrogens is 3. The first-order valence-corrected chi connectivity index (χ1v) is 7.56. The summed E-state index contributed by atoms with van der Waals surface area (Å²) in [5, 5.41) is 1.15. The molecule has 5 heteroatoms. The van der Waals surface area contributed by atoms with Crippen LogP contribution in [0.5, 0.6) is 0 Å². The quantitative estimate of drug-likeness (QED) is 0.762. The number of fused-ring (bicyclic) bond motifs is 1. The fourth-order valence-corrected chi connectivity index (χ4v) is 3.06. The van der Waals surface area contributed by atoms with Crippen LogP contribution in [-0.2, 0) is 4.74 Å². The van der Waals surface area contributed by atoms with Crippen LogP contribution in [0.25, 0.3) is 22.3 Å². The molecule has 3 aromatic rings. The first-order chi connectivity index (χ1) is 10.8. The lowest BCUT2D eigenvalue weighted by molar-refractivity contribution is 0.00746. The summed E-state index contributed by atoms with van der Waals surface area (Å²) in [6.45, 7) is 0.722. The number of H-pyrrole nitrogens is 1. The predicted molar refractivity (Wildman–Crippen MR) is 85.2 cm³/mol. The van der Waals surface area contributed by atoms with E-state index >= 15 is 0 Å². The summed E-state index contributed by atoms with van der Waals surface area (Å²) < 4.78 is 5.93. The van der Waals surface area contributed by atoms with Gasteiger partial charge in [-0.1, -0.05) is 18.2 Å². The molecule has 1 aliphatic rings. The zero-order valence-corrected chi connectivity index (χ0v) is 12.2. The third-order valence-corrected chi connectivity index (χ3v) is 4.20. The molecule has 1 fully saturated rings. The Labute approximate surface area is 128 Å². The molecule has 22 heavy (non-hydrogen) atoms.